The summed E-state index contributed by atoms with van der Waals surface area (Å²) in [5.74, 6) is -0.00706. The van der Waals surface area contributed by atoms with Crippen molar-refractivity contribution in [2.75, 3.05) is 0 Å². The van der Waals surface area contributed by atoms with E-state index >= 15 is 0 Å². The third-order valence-electron chi connectivity index (χ3n) is 3.07. The molecular formula is C15H17NO2S. The van der Waals surface area contributed by atoms with Crippen molar-refractivity contribution in [2.24, 2.45) is 0 Å². The van der Waals surface area contributed by atoms with E-state index < -0.39 is 0 Å². The van der Waals surface area contributed by atoms with Crippen molar-refractivity contribution in [3.63, 3.8) is 0 Å². The summed E-state index contributed by atoms with van der Waals surface area (Å²) in [7, 11) is 0. The van der Waals surface area contributed by atoms with Gasteiger partial charge < -0.3 is 10.4 Å². The molecule has 2 aromatic rings. The van der Waals surface area contributed by atoms with Crippen LogP contribution in [-0.2, 0) is 0 Å². The van der Waals surface area contributed by atoms with Gasteiger partial charge in [0, 0.05) is 10.4 Å². The second kappa shape index (κ2) is 5.89. The van der Waals surface area contributed by atoms with E-state index in [1.54, 1.807) is 30.4 Å². The number of hydrogen-bond acceptors (Lipinski definition) is 3. The maximum Gasteiger partial charge on any atom is 0.251 e. The molecule has 1 aromatic heterocycles. The van der Waals surface area contributed by atoms with Crippen LogP contribution < -0.4 is 5.32 Å². The zero-order valence-electron chi connectivity index (χ0n) is 11.0. The minimum Gasteiger partial charge on any atom is -0.508 e. The predicted molar refractivity (Wildman–Crippen MR) is 77.7 cm³/mol. The molecule has 4 heteroatoms. The van der Waals surface area contributed by atoms with E-state index in [4.69, 9.17) is 0 Å². The average molecular weight is 275 g/mol. The molecule has 0 spiro atoms. The Morgan fingerprint density at radius 1 is 1.42 bits per heavy atom. The van der Waals surface area contributed by atoms with Crippen LogP contribution in [0.1, 0.15) is 40.2 Å². The smallest absolute Gasteiger partial charge is 0.251 e. The van der Waals surface area contributed by atoms with E-state index in [0.717, 1.165) is 16.9 Å². The second-order valence-corrected chi connectivity index (χ2v) is 5.43. The standard InChI is InChI=1S/C15H17NO2S/c1-3-12(14-5-4-8-19-14)16-15(18)11-7-6-10(2)13(17)9-11/h4-9,12,17H,3H2,1-2H3,(H,16,18). The highest BCUT2D eigenvalue weighted by Crippen LogP contribution is 2.23. The van der Waals surface area contributed by atoms with Crippen LogP contribution in [0.3, 0.4) is 0 Å². The van der Waals surface area contributed by atoms with Crippen LogP contribution in [0, 0.1) is 6.92 Å². The molecule has 0 bridgehead atoms. The lowest BCUT2D eigenvalue weighted by molar-refractivity contribution is 0.0936. The molecule has 19 heavy (non-hydrogen) atoms. The van der Waals surface area contributed by atoms with E-state index in [1.165, 1.54) is 6.07 Å². The van der Waals surface area contributed by atoms with Gasteiger partial charge in [-0.1, -0.05) is 19.1 Å². The number of thiophene rings is 1. The normalized spacial score (nSPS) is 12.1. The minimum absolute atomic E-state index is 0.0240. The summed E-state index contributed by atoms with van der Waals surface area (Å²) in [6.45, 7) is 3.84. The van der Waals surface area contributed by atoms with Crippen LogP contribution in [0.5, 0.6) is 5.75 Å². The van der Waals surface area contributed by atoms with Crippen LogP contribution in [0.25, 0.3) is 0 Å². The summed E-state index contributed by atoms with van der Waals surface area (Å²) in [6, 6.07) is 9.00. The molecule has 0 aliphatic heterocycles. The molecule has 1 amide bonds. The van der Waals surface area contributed by atoms with Crippen molar-refractivity contribution in [3.05, 3.63) is 51.7 Å². The van der Waals surface area contributed by atoms with Gasteiger partial charge in [-0.25, -0.2) is 0 Å². The van der Waals surface area contributed by atoms with Gasteiger partial charge in [0.1, 0.15) is 5.75 Å². The van der Waals surface area contributed by atoms with Gasteiger partial charge in [0.2, 0.25) is 0 Å². The molecule has 100 valence electrons. The summed E-state index contributed by atoms with van der Waals surface area (Å²) >= 11 is 1.63. The van der Waals surface area contributed by atoms with Gasteiger partial charge in [-0.3, -0.25) is 4.79 Å². The van der Waals surface area contributed by atoms with Gasteiger partial charge in [0.25, 0.3) is 5.91 Å². The molecular weight excluding hydrogens is 258 g/mol. The Bertz CT molecular complexity index is 564. The van der Waals surface area contributed by atoms with Crippen molar-refractivity contribution in [3.8, 4) is 5.75 Å². The Labute approximate surface area is 116 Å². The molecule has 0 aliphatic carbocycles. The van der Waals surface area contributed by atoms with Crippen LogP contribution in [0.2, 0.25) is 0 Å². The fourth-order valence-corrected chi connectivity index (χ4v) is 2.72. The molecule has 1 unspecified atom stereocenters. The number of benzene rings is 1. The summed E-state index contributed by atoms with van der Waals surface area (Å²) in [5, 5.41) is 14.6. The van der Waals surface area contributed by atoms with Crippen LogP contribution in [0.4, 0.5) is 0 Å². The number of amides is 1. The highest BCUT2D eigenvalue weighted by Gasteiger charge is 2.15. The van der Waals surface area contributed by atoms with Crippen molar-refractivity contribution in [2.45, 2.75) is 26.3 Å². The van der Waals surface area contributed by atoms with Crippen molar-refractivity contribution >= 4 is 17.2 Å². The van der Waals surface area contributed by atoms with E-state index in [-0.39, 0.29) is 17.7 Å². The lowest BCUT2D eigenvalue weighted by atomic mass is 10.1. The second-order valence-electron chi connectivity index (χ2n) is 4.45. The van der Waals surface area contributed by atoms with Crippen molar-refractivity contribution in [1.29, 1.82) is 0 Å². The molecule has 0 saturated heterocycles. The zero-order valence-corrected chi connectivity index (χ0v) is 11.8. The van der Waals surface area contributed by atoms with Gasteiger partial charge in [-0.2, -0.15) is 0 Å². The fourth-order valence-electron chi connectivity index (χ4n) is 1.86. The Balaban J connectivity index is 2.13. The summed E-state index contributed by atoms with van der Waals surface area (Å²) in [4.78, 5) is 13.3. The Hall–Kier alpha value is -1.81. The first-order valence-electron chi connectivity index (χ1n) is 6.25. The quantitative estimate of drug-likeness (QED) is 0.895. The van der Waals surface area contributed by atoms with Gasteiger partial charge in [0.05, 0.1) is 6.04 Å². The summed E-state index contributed by atoms with van der Waals surface area (Å²) < 4.78 is 0. The number of nitrogens with one attached hydrogen (secondary N) is 1. The van der Waals surface area contributed by atoms with Crippen LogP contribution in [-0.4, -0.2) is 11.0 Å². The lowest BCUT2D eigenvalue weighted by Crippen LogP contribution is -2.27. The topological polar surface area (TPSA) is 49.3 Å². The lowest BCUT2D eigenvalue weighted by Gasteiger charge is -2.15. The number of phenols is 1. The first-order valence-corrected chi connectivity index (χ1v) is 7.13. The SMILES string of the molecule is CCC(NC(=O)c1ccc(C)c(O)c1)c1cccs1. The highest BCUT2D eigenvalue weighted by molar-refractivity contribution is 7.10. The maximum absolute atomic E-state index is 12.2. The number of aryl methyl sites for hydroxylation is 1. The monoisotopic (exact) mass is 275 g/mol. The molecule has 2 N–H and O–H groups in total. The first kappa shape index (κ1) is 13.6. The van der Waals surface area contributed by atoms with Crippen LogP contribution >= 0.6 is 11.3 Å². The largest absolute Gasteiger partial charge is 0.508 e. The number of carbonyl (C=O) groups is 1. The zero-order chi connectivity index (χ0) is 13.8. The van der Waals surface area contributed by atoms with Gasteiger partial charge in [0.15, 0.2) is 0 Å². The van der Waals surface area contributed by atoms with E-state index in [1.807, 2.05) is 24.4 Å². The molecule has 2 rings (SSSR count). The predicted octanol–water partition coefficient (Wildman–Crippen LogP) is 3.64. The highest BCUT2D eigenvalue weighted by atomic mass is 32.1. The Kier molecular flexibility index (Phi) is 4.22. The molecule has 0 saturated carbocycles. The minimum atomic E-state index is -0.157. The number of phenolic OH excluding ortho intramolecular Hbond substituents is 1. The van der Waals surface area contributed by atoms with Gasteiger partial charge in [-0.15, -0.1) is 11.3 Å². The van der Waals surface area contributed by atoms with E-state index in [0.29, 0.717) is 5.56 Å². The molecule has 3 nitrogen and oxygen atoms in total. The first-order chi connectivity index (χ1) is 9.11. The van der Waals surface area contributed by atoms with E-state index in [9.17, 15) is 9.90 Å². The number of carbonyl (C=O) groups excluding carboxylic acids is 1. The molecule has 1 aromatic carbocycles. The summed E-state index contributed by atoms with van der Waals surface area (Å²) in [6.07, 6.45) is 0.837. The van der Waals surface area contributed by atoms with E-state index in [2.05, 4.69) is 5.32 Å². The number of hydrogen-bond donors (Lipinski definition) is 2. The number of aromatic hydroxyl groups is 1. The Morgan fingerprint density at radius 2 is 2.21 bits per heavy atom. The third-order valence-corrected chi connectivity index (χ3v) is 4.06. The molecule has 0 aliphatic rings. The molecule has 1 atom stereocenters. The van der Waals surface area contributed by atoms with Gasteiger partial charge >= 0.3 is 0 Å². The van der Waals surface area contributed by atoms with Crippen molar-refractivity contribution in [1.82, 2.24) is 5.32 Å². The molecule has 0 fully saturated rings. The maximum atomic E-state index is 12.2. The van der Waals surface area contributed by atoms with Gasteiger partial charge in [-0.05, 0) is 42.5 Å². The van der Waals surface area contributed by atoms with Crippen molar-refractivity contribution < 1.29 is 9.90 Å². The molecule has 1 heterocycles. The third kappa shape index (κ3) is 3.15. The number of rotatable bonds is 4. The Morgan fingerprint density at radius 3 is 2.79 bits per heavy atom. The fraction of sp³-hybridized carbons (Fsp3) is 0.267. The average Bonchev–Trinajstić information content (AvgIpc) is 2.92. The molecule has 0 radical (unpaired) electrons. The van der Waals surface area contributed by atoms with Crippen LogP contribution in [0.15, 0.2) is 35.7 Å². The summed E-state index contributed by atoms with van der Waals surface area (Å²) in [5.41, 5.74) is 1.25.